The summed E-state index contributed by atoms with van der Waals surface area (Å²) in [6.07, 6.45) is 3.20. The Balaban J connectivity index is 2.80. The van der Waals surface area contributed by atoms with Crippen molar-refractivity contribution in [2.75, 3.05) is 0 Å². The maximum Gasteiger partial charge on any atom is 0.138 e. The van der Waals surface area contributed by atoms with Gasteiger partial charge >= 0.3 is 0 Å². The van der Waals surface area contributed by atoms with Crippen molar-refractivity contribution in [2.45, 2.75) is 65.8 Å². The quantitative estimate of drug-likeness (QED) is 0.876. The number of aryl methyl sites for hydroxylation is 2. The first-order valence-corrected chi connectivity index (χ1v) is 7.70. The van der Waals surface area contributed by atoms with Crippen LogP contribution < -0.4 is 5.73 Å². The molecule has 0 saturated carbocycles. The molecule has 0 aliphatic carbocycles. The normalized spacial score (nSPS) is 12.3. The molecule has 110 valence electrons. The van der Waals surface area contributed by atoms with Crippen LogP contribution in [-0.4, -0.2) is 0 Å². The molecule has 0 saturated heterocycles. The standard InChI is InChI=1S/C18H27NO/c1-6-8-13-14-9-12(7-2)10-15(18(3,4)5)17(14)20-16(13)11-19/h9-10H,6-8,11,19H2,1-5H3. The number of hydrogen-bond acceptors (Lipinski definition) is 2. The Kier molecular flexibility index (Phi) is 4.24. The van der Waals surface area contributed by atoms with Gasteiger partial charge in [0, 0.05) is 16.5 Å². The number of fused-ring (bicyclic) bond motifs is 1. The highest BCUT2D eigenvalue weighted by Gasteiger charge is 2.23. The van der Waals surface area contributed by atoms with Gasteiger partial charge in [-0.15, -0.1) is 0 Å². The lowest BCUT2D eigenvalue weighted by atomic mass is 9.84. The molecule has 2 heteroatoms. The Morgan fingerprint density at radius 2 is 1.85 bits per heavy atom. The third kappa shape index (κ3) is 2.62. The van der Waals surface area contributed by atoms with Gasteiger partial charge in [-0.2, -0.15) is 0 Å². The van der Waals surface area contributed by atoms with E-state index in [2.05, 4.69) is 46.8 Å². The van der Waals surface area contributed by atoms with Crippen LogP contribution in [0.1, 0.15) is 63.5 Å². The molecule has 0 unspecified atom stereocenters. The van der Waals surface area contributed by atoms with Crippen molar-refractivity contribution in [1.29, 1.82) is 0 Å². The van der Waals surface area contributed by atoms with E-state index in [-0.39, 0.29) is 5.41 Å². The highest BCUT2D eigenvalue weighted by Crippen LogP contribution is 2.36. The molecule has 2 nitrogen and oxygen atoms in total. The Hall–Kier alpha value is -1.28. The van der Waals surface area contributed by atoms with Crippen molar-refractivity contribution in [3.63, 3.8) is 0 Å². The van der Waals surface area contributed by atoms with Gasteiger partial charge in [-0.25, -0.2) is 0 Å². The van der Waals surface area contributed by atoms with Crippen molar-refractivity contribution >= 4 is 11.0 Å². The molecule has 0 aliphatic heterocycles. The average molecular weight is 273 g/mol. The minimum Gasteiger partial charge on any atom is -0.459 e. The molecule has 0 radical (unpaired) electrons. The molecule has 2 aromatic rings. The lowest BCUT2D eigenvalue weighted by molar-refractivity contribution is 0.522. The first-order valence-electron chi connectivity index (χ1n) is 7.70. The minimum atomic E-state index is 0.0800. The second-order valence-corrected chi connectivity index (χ2v) is 6.58. The minimum absolute atomic E-state index is 0.0800. The molecular weight excluding hydrogens is 246 g/mol. The molecule has 0 bridgehead atoms. The highest BCUT2D eigenvalue weighted by molar-refractivity contribution is 5.86. The fourth-order valence-electron chi connectivity index (χ4n) is 2.81. The van der Waals surface area contributed by atoms with Gasteiger partial charge in [0.1, 0.15) is 11.3 Å². The van der Waals surface area contributed by atoms with E-state index < -0.39 is 0 Å². The monoisotopic (exact) mass is 273 g/mol. The summed E-state index contributed by atoms with van der Waals surface area (Å²) in [4.78, 5) is 0. The fraction of sp³-hybridized carbons (Fsp3) is 0.556. The Bertz CT molecular complexity index is 602. The van der Waals surface area contributed by atoms with E-state index in [1.807, 2.05) is 0 Å². The fourth-order valence-corrected chi connectivity index (χ4v) is 2.81. The first kappa shape index (κ1) is 15.1. The molecule has 0 aliphatic rings. The van der Waals surface area contributed by atoms with Crippen molar-refractivity contribution < 1.29 is 4.42 Å². The Morgan fingerprint density at radius 3 is 2.35 bits per heavy atom. The summed E-state index contributed by atoms with van der Waals surface area (Å²) >= 11 is 0. The smallest absolute Gasteiger partial charge is 0.138 e. The third-order valence-electron chi connectivity index (χ3n) is 3.94. The second kappa shape index (κ2) is 5.61. The van der Waals surface area contributed by atoms with Gasteiger partial charge in [0.2, 0.25) is 0 Å². The Morgan fingerprint density at radius 1 is 1.15 bits per heavy atom. The topological polar surface area (TPSA) is 39.2 Å². The zero-order chi connectivity index (χ0) is 14.9. The zero-order valence-corrected chi connectivity index (χ0v) is 13.5. The molecule has 1 heterocycles. The van der Waals surface area contributed by atoms with E-state index in [0.29, 0.717) is 6.54 Å². The van der Waals surface area contributed by atoms with Crippen LogP contribution >= 0.6 is 0 Å². The second-order valence-electron chi connectivity index (χ2n) is 6.58. The average Bonchev–Trinajstić information content (AvgIpc) is 2.75. The summed E-state index contributed by atoms with van der Waals surface area (Å²) in [5.74, 6) is 0.959. The molecule has 0 spiro atoms. The largest absolute Gasteiger partial charge is 0.459 e. The van der Waals surface area contributed by atoms with Crippen LogP contribution in [0.2, 0.25) is 0 Å². The summed E-state index contributed by atoms with van der Waals surface area (Å²) in [6.45, 7) is 11.6. The van der Waals surface area contributed by atoms with Gasteiger partial charge in [-0.3, -0.25) is 0 Å². The molecule has 0 fully saturated rings. The van der Waals surface area contributed by atoms with Gasteiger partial charge in [0.25, 0.3) is 0 Å². The van der Waals surface area contributed by atoms with Crippen molar-refractivity contribution in [2.24, 2.45) is 5.73 Å². The number of nitrogens with two attached hydrogens (primary N) is 1. The van der Waals surface area contributed by atoms with Gasteiger partial charge in [0.05, 0.1) is 6.54 Å². The number of furan rings is 1. The van der Waals surface area contributed by atoms with E-state index in [1.54, 1.807) is 0 Å². The summed E-state index contributed by atoms with van der Waals surface area (Å²) < 4.78 is 6.13. The van der Waals surface area contributed by atoms with Gasteiger partial charge in [-0.1, -0.05) is 47.1 Å². The van der Waals surface area contributed by atoms with Crippen LogP contribution in [0.25, 0.3) is 11.0 Å². The summed E-state index contributed by atoms with van der Waals surface area (Å²) in [7, 11) is 0. The SMILES string of the molecule is CCCc1c(CN)oc2c(C(C)(C)C)cc(CC)cc12. The zero-order valence-electron chi connectivity index (χ0n) is 13.5. The molecular formula is C18H27NO. The lowest BCUT2D eigenvalue weighted by Gasteiger charge is -2.20. The van der Waals surface area contributed by atoms with Crippen LogP contribution in [0.15, 0.2) is 16.5 Å². The molecule has 1 aromatic carbocycles. The van der Waals surface area contributed by atoms with E-state index in [9.17, 15) is 0 Å². The first-order chi connectivity index (χ1) is 9.42. The van der Waals surface area contributed by atoms with E-state index in [0.717, 1.165) is 30.6 Å². The molecule has 2 N–H and O–H groups in total. The van der Waals surface area contributed by atoms with Crippen molar-refractivity contribution in [3.8, 4) is 0 Å². The maximum absolute atomic E-state index is 6.13. The van der Waals surface area contributed by atoms with Gasteiger partial charge < -0.3 is 10.2 Å². The lowest BCUT2D eigenvalue weighted by Crippen LogP contribution is -2.12. The van der Waals surface area contributed by atoms with Crippen LogP contribution in [-0.2, 0) is 24.8 Å². The van der Waals surface area contributed by atoms with E-state index >= 15 is 0 Å². The molecule has 0 atom stereocenters. The molecule has 20 heavy (non-hydrogen) atoms. The van der Waals surface area contributed by atoms with Crippen molar-refractivity contribution in [1.82, 2.24) is 0 Å². The van der Waals surface area contributed by atoms with E-state index in [1.165, 1.54) is 22.1 Å². The van der Waals surface area contributed by atoms with Crippen molar-refractivity contribution in [3.05, 3.63) is 34.6 Å². The van der Waals surface area contributed by atoms with Crippen LogP contribution in [0.3, 0.4) is 0 Å². The molecule has 0 amide bonds. The number of hydrogen-bond donors (Lipinski definition) is 1. The highest BCUT2D eigenvalue weighted by atomic mass is 16.3. The number of benzene rings is 1. The predicted octanol–water partition coefficient (Wildman–Crippen LogP) is 4.70. The van der Waals surface area contributed by atoms with Crippen LogP contribution in [0, 0.1) is 0 Å². The predicted molar refractivity (Wildman–Crippen MR) is 86.2 cm³/mol. The van der Waals surface area contributed by atoms with Gasteiger partial charge in [-0.05, 0) is 29.9 Å². The van der Waals surface area contributed by atoms with Crippen LogP contribution in [0.4, 0.5) is 0 Å². The summed E-state index contributed by atoms with van der Waals surface area (Å²) in [5.41, 5.74) is 11.0. The molecule has 1 aromatic heterocycles. The van der Waals surface area contributed by atoms with E-state index in [4.69, 9.17) is 10.2 Å². The third-order valence-corrected chi connectivity index (χ3v) is 3.94. The summed E-state index contributed by atoms with van der Waals surface area (Å²) in [6, 6.07) is 4.58. The van der Waals surface area contributed by atoms with Crippen LogP contribution in [0.5, 0.6) is 0 Å². The molecule has 2 rings (SSSR count). The maximum atomic E-state index is 6.13. The Labute approximate surface area is 122 Å². The summed E-state index contributed by atoms with van der Waals surface area (Å²) in [5, 5.41) is 1.27. The van der Waals surface area contributed by atoms with Gasteiger partial charge in [0.15, 0.2) is 0 Å². The number of rotatable bonds is 4.